The van der Waals surface area contributed by atoms with Gasteiger partial charge in [-0.2, -0.15) is 0 Å². The van der Waals surface area contributed by atoms with Crippen LogP contribution in [-0.2, 0) is 6.54 Å². The minimum absolute atomic E-state index is 0.644. The van der Waals surface area contributed by atoms with E-state index in [0.29, 0.717) is 5.82 Å². The van der Waals surface area contributed by atoms with Crippen molar-refractivity contribution < 1.29 is 0 Å². The number of piperazine rings is 1. The molecule has 2 rings (SSSR count). The van der Waals surface area contributed by atoms with Crippen molar-refractivity contribution in [3.8, 4) is 0 Å². The van der Waals surface area contributed by atoms with Gasteiger partial charge < -0.3 is 16.0 Å². The SMILES string of the molecule is Nc1cnc(CN2CCNCC2)[nH]1. The molecule has 0 bridgehead atoms. The summed E-state index contributed by atoms with van der Waals surface area (Å²) in [7, 11) is 0. The first-order valence-electron chi connectivity index (χ1n) is 4.57. The maximum absolute atomic E-state index is 5.53. The molecular weight excluding hydrogens is 166 g/mol. The Hall–Kier alpha value is -1.07. The Labute approximate surface area is 77.3 Å². The summed E-state index contributed by atoms with van der Waals surface area (Å²) in [6, 6.07) is 0. The van der Waals surface area contributed by atoms with Crippen LogP contribution in [0.2, 0.25) is 0 Å². The number of aromatic amines is 1. The number of H-pyrrole nitrogens is 1. The predicted molar refractivity (Wildman–Crippen MR) is 51.1 cm³/mol. The van der Waals surface area contributed by atoms with Gasteiger partial charge in [0.25, 0.3) is 0 Å². The molecule has 0 spiro atoms. The van der Waals surface area contributed by atoms with E-state index < -0.39 is 0 Å². The van der Waals surface area contributed by atoms with Crippen molar-refractivity contribution in [1.29, 1.82) is 0 Å². The lowest BCUT2D eigenvalue weighted by atomic mass is 10.3. The van der Waals surface area contributed by atoms with Crippen LogP contribution in [-0.4, -0.2) is 41.0 Å². The largest absolute Gasteiger partial charge is 0.384 e. The van der Waals surface area contributed by atoms with Crippen LogP contribution >= 0.6 is 0 Å². The van der Waals surface area contributed by atoms with Gasteiger partial charge in [0, 0.05) is 26.2 Å². The third kappa shape index (κ3) is 2.19. The van der Waals surface area contributed by atoms with E-state index in [0.717, 1.165) is 38.5 Å². The standard InChI is InChI=1S/C8H15N5/c9-7-5-11-8(12-7)6-13-3-1-10-2-4-13/h5,10H,1-4,6,9H2,(H,11,12). The van der Waals surface area contributed by atoms with Gasteiger partial charge in [-0.3, -0.25) is 4.90 Å². The number of nitrogens with zero attached hydrogens (tertiary/aromatic N) is 2. The highest BCUT2D eigenvalue weighted by molar-refractivity contribution is 5.24. The number of hydrogen-bond acceptors (Lipinski definition) is 4. The van der Waals surface area contributed by atoms with E-state index in [2.05, 4.69) is 20.2 Å². The van der Waals surface area contributed by atoms with Crippen LogP contribution < -0.4 is 11.1 Å². The van der Waals surface area contributed by atoms with Gasteiger partial charge in [-0.1, -0.05) is 0 Å². The minimum atomic E-state index is 0.644. The number of nitrogens with one attached hydrogen (secondary N) is 2. The zero-order valence-electron chi connectivity index (χ0n) is 7.58. The number of hydrogen-bond donors (Lipinski definition) is 3. The fourth-order valence-electron chi connectivity index (χ4n) is 1.54. The molecule has 72 valence electrons. The molecule has 1 aromatic rings. The summed E-state index contributed by atoms with van der Waals surface area (Å²) >= 11 is 0. The van der Waals surface area contributed by atoms with Gasteiger partial charge in [-0.15, -0.1) is 0 Å². The van der Waals surface area contributed by atoms with E-state index in [1.165, 1.54) is 0 Å². The molecule has 1 saturated heterocycles. The van der Waals surface area contributed by atoms with Gasteiger partial charge >= 0.3 is 0 Å². The van der Waals surface area contributed by atoms with Crippen LogP contribution in [0.3, 0.4) is 0 Å². The molecule has 0 radical (unpaired) electrons. The third-order valence-corrected chi connectivity index (χ3v) is 2.23. The maximum Gasteiger partial charge on any atom is 0.121 e. The van der Waals surface area contributed by atoms with E-state index in [-0.39, 0.29) is 0 Å². The normalized spacial score (nSPS) is 19.1. The lowest BCUT2D eigenvalue weighted by Gasteiger charge is -2.26. The third-order valence-electron chi connectivity index (χ3n) is 2.23. The van der Waals surface area contributed by atoms with Crippen LogP contribution in [0, 0.1) is 0 Å². The van der Waals surface area contributed by atoms with Crippen molar-refractivity contribution in [3.63, 3.8) is 0 Å². The van der Waals surface area contributed by atoms with Gasteiger partial charge in [0.05, 0.1) is 12.7 Å². The molecule has 1 aliphatic rings. The molecule has 1 fully saturated rings. The minimum Gasteiger partial charge on any atom is -0.384 e. The van der Waals surface area contributed by atoms with Gasteiger partial charge in [0.1, 0.15) is 11.6 Å². The number of nitrogens with two attached hydrogens (primary N) is 1. The Kier molecular flexibility index (Phi) is 2.47. The molecule has 4 N–H and O–H groups in total. The first kappa shape index (κ1) is 8.52. The molecule has 0 aliphatic carbocycles. The van der Waals surface area contributed by atoms with E-state index in [4.69, 9.17) is 5.73 Å². The Morgan fingerprint density at radius 2 is 2.23 bits per heavy atom. The molecule has 5 nitrogen and oxygen atoms in total. The van der Waals surface area contributed by atoms with Gasteiger partial charge in [0.15, 0.2) is 0 Å². The van der Waals surface area contributed by atoms with E-state index in [1.807, 2.05) is 0 Å². The molecule has 0 unspecified atom stereocenters. The number of imidazole rings is 1. The van der Waals surface area contributed by atoms with Crippen molar-refractivity contribution in [1.82, 2.24) is 20.2 Å². The number of rotatable bonds is 2. The monoisotopic (exact) mass is 181 g/mol. The molecule has 0 atom stereocenters. The van der Waals surface area contributed by atoms with E-state index >= 15 is 0 Å². The van der Waals surface area contributed by atoms with Crippen LogP contribution in [0.25, 0.3) is 0 Å². The highest BCUT2D eigenvalue weighted by atomic mass is 15.2. The number of anilines is 1. The van der Waals surface area contributed by atoms with Crippen molar-refractivity contribution in [2.75, 3.05) is 31.9 Å². The second-order valence-corrected chi connectivity index (χ2v) is 3.31. The van der Waals surface area contributed by atoms with Crippen molar-refractivity contribution in [2.45, 2.75) is 6.54 Å². The van der Waals surface area contributed by atoms with Crippen molar-refractivity contribution in [3.05, 3.63) is 12.0 Å². The quantitative estimate of drug-likeness (QED) is 0.569. The van der Waals surface area contributed by atoms with E-state index in [9.17, 15) is 0 Å². The van der Waals surface area contributed by atoms with Crippen LogP contribution in [0.1, 0.15) is 5.82 Å². The fraction of sp³-hybridized carbons (Fsp3) is 0.625. The fourth-order valence-corrected chi connectivity index (χ4v) is 1.54. The Morgan fingerprint density at radius 3 is 2.85 bits per heavy atom. The zero-order chi connectivity index (χ0) is 9.10. The molecule has 5 heteroatoms. The predicted octanol–water partition coefficient (Wildman–Crippen LogP) is -0.603. The van der Waals surface area contributed by atoms with Gasteiger partial charge in [0.2, 0.25) is 0 Å². The molecule has 1 aliphatic heterocycles. The highest BCUT2D eigenvalue weighted by Crippen LogP contribution is 2.03. The lowest BCUT2D eigenvalue weighted by Crippen LogP contribution is -2.43. The Balaban J connectivity index is 1.89. The summed E-state index contributed by atoms with van der Waals surface area (Å²) in [5.41, 5.74) is 5.53. The summed E-state index contributed by atoms with van der Waals surface area (Å²) in [6.45, 7) is 5.17. The summed E-state index contributed by atoms with van der Waals surface area (Å²) in [4.78, 5) is 9.55. The van der Waals surface area contributed by atoms with Crippen LogP contribution in [0.15, 0.2) is 6.20 Å². The first-order chi connectivity index (χ1) is 6.34. The molecular formula is C8H15N5. The second kappa shape index (κ2) is 3.76. The van der Waals surface area contributed by atoms with E-state index in [1.54, 1.807) is 6.20 Å². The highest BCUT2D eigenvalue weighted by Gasteiger charge is 2.10. The average molecular weight is 181 g/mol. The molecule has 13 heavy (non-hydrogen) atoms. The topological polar surface area (TPSA) is 70.0 Å². The molecule has 0 saturated carbocycles. The Bertz CT molecular complexity index is 263. The molecule has 1 aromatic heterocycles. The average Bonchev–Trinajstić information content (AvgIpc) is 2.53. The second-order valence-electron chi connectivity index (χ2n) is 3.31. The van der Waals surface area contributed by atoms with Crippen molar-refractivity contribution >= 4 is 5.82 Å². The van der Waals surface area contributed by atoms with Crippen molar-refractivity contribution in [2.24, 2.45) is 0 Å². The lowest BCUT2D eigenvalue weighted by molar-refractivity contribution is 0.228. The maximum atomic E-state index is 5.53. The number of nitrogen functional groups attached to an aromatic ring is 1. The summed E-state index contributed by atoms with van der Waals surface area (Å²) in [6.07, 6.45) is 1.66. The summed E-state index contributed by atoms with van der Waals surface area (Å²) < 4.78 is 0. The van der Waals surface area contributed by atoms with Gasteiger partial charge in [-0.25, -0.2) is 4.98 Å². The summed E-state index contributed by atoms with van der Waals surface area (Å²) in [5.74, 6) is 1.60. The molecule has 0 amide bonds. The first-order valence-corrected chi connectivity index (χ1v) is 4.57. The van der Waals surface area contributed by atoms with Gasteiger partial charge in [-0.05, 0) is 0 Å². The molecule has 0 aromatic carbocycles. The zero-order valence-corrected chi connectivity index (χ0v) is 7.58. The van der Waals surface area contributed by atoms with Crippen LogP contribution in [0.4, 0.5) is 5.82 Å². The Morgan fingerprint density at radius 1 is 1.46 bits per heavy atom. The number of aromatic nitrogens is 2. The summed E-state index contributed by atoms with van der Waals surface area (Å²) in [5, 5.41) is 3.31. The molecule has 2 heterocycles. The van der Waals surface area contributed by atoms with Crippen LogP contribution in [0.5, 0.6) is 0 Å². The smallest absolute Gasteiger partial charge is 0.121 e.